The molecule has 0 radical (unpaired) electrons. The maximum Gasteiger partial charge on any atom is 0.238 e. The van der Waals surface area contributed by atoms with Crippen molar-refractivity contribution >= 4 is 27.5 Å². The second kappa shape index (κ2) is 7.56. The average Bonchev–Trinajstić information content (AvgIpc) is 2.43. The summed E-state index contributed by atoms with van der Waals surface area (Å²) < 4.78 is 1.05. The summed E-state index contributed by atoms with van der Waals surface area (Å²) >= 11 is 3.47. The van der Waals surface area contributed by atoms with E-state index in [4.69, 9.17) is 0 Å². The molecule has 2 aromatic rings. The lowest BCUT2D eigenvalue weighted by atomic mass is 10.1. The monoisotopic (exact) mass is 360 g/mol. The maximum atomic E-state index is 12.2. The molecule has 0 aliphatic carbocycles. The van der Waals surface area contributed by atoms with Crippen LogP contribution < -0.4 is 5.32 Å². The van der Waals surface area contributed by atoms with Crippen molar-refractivity contribution in [2.45, 2.75) is 20.4 Å². The van der Waals surface area contributed by atoms with E-state index in [0.29, 0.717) is 6.54 Å². The van der Waals surface area contributed by atoms with Crippen LogP contribution in [0.5, 0.6) is 0 Å². The second-order valence-electron chi connectivity index (χ2n) is 5.62. The predicted molar refractivity (Wildman–Crippen MR) is 95.0 cm³/mol. The van der Waals surface area contributed by atoms with E-state index < -0.39 is 0 Å². The average molecular weight is 361 g/mol. The van der Waals surface area contributed by atoms with Crippen LogP contribution in [0.2, 0.25) is 0 Å². The fourth-order valence-electron chi connectivity index (χ4n) is 2.44. The first kappa shape index (κ1) is 16.7. The molecule has 3 nitrogen and oxygen atoms in total. The number of hydrogen-bond acceptors (Lipinski definition) is 2. The minimum absolute atomic E-state index is 0.00916. The van der Waals surface area contributed by atoms with E-state index in [1.54, 1.807) is 0 Å². The first-order chi connectivity index (χ1) is 10.5. The number of para-hydroxylation sites is 1. The van der Waals surface area contributed by atoms with Gasteiger partial charge in [-0.3, -0.25) is 9.69 Å². The van der Waals surface area contributed by atoms with E-state index in [1.165, 1.54) is 5.56 Å². The number of nitrogens with one attached hydrogen (secondary N) is 1. The van der Waals surface area contributed by atoms with Gasteiger partial charge in [0.2, 0.25) is 5.91 Å². The number of rotatable bonds is 5. The molecule has 1 amide bonds. The van der Waals surface area contributed by atoms with E-state index in [2.05, 4.69) is 33.4 Å². The quantitative estimate of drug-likeness (QED) is 0.868. The molecule has 2 aromatic carbocycles. The molecular weight excluding hydrogens is 340 g/mol. The predicted octanol–water partition coefficient (Wildman–Crippen LogP) is 4.14. The van der Waals surface area contributed by atoms with Gasteiger partial charge in [0.15, 0.2) is 0 Å². The molecule has 0 atom stereocenters. The standard InChI is InChI=1S/C18H21BrN2O/c1-13-6-4-7-14(2)18(13)20-17(22)12-21(3)11-15-8-5-9-16(19)10-15/h4-10H,11-12H2,1-3H3,(H,20,22). The van der Waals surface area contributed by atoms with E-state index in [1.807, 2.05) is 56.1 Å². The third kappa shape index (κ3) is 4.68. The van der Waals surface area contributed by atoms with Crippen LogP contribution >= 0.6 is 15.9 Å². The van der Waals surface area contributed by atoms with Crippen LogP contribution in [-0.2, 0) is 11.3 Å². The van der Waals surface area contributed by atoms with Crippen molar-refractivity contribution in [1.82, 2.24) is 4.90 Å². The fourth-order valence-corrected chi connectivity index (χ4v) is 2.89. The summed E-state index contributed by atoms with van der Waals surface area (Å²) in [6.45, 7) is 5.11. The van der Waals surface area contributed by atoms with Crippen molar-refractivity contribution in [2.24, 2.45) is 0 Å². The Labute approximate surface area is 140 Å². The molecule has 2 rings (SSSR count). The van der Waals surface area contributed by atoms with Gasteiger partial charge in [0, 0.05) is 16.7 Å². The maximum absolute atomic E-state index is 12.2. The van der Waals surface area contributed by atoms with E-state index in [9.17, 15) is 4.79 Å². The number of likely N-dealkylation sites (N-methyl/N-ethyl adjacent to an activating group) is 1. The number of hydrogen-bond donors (Lipinski definition) is 1. The molecule has 0 spiro atoms. The minimum Gasteiger partial charge on any atom is -0.324 e. The smallest absolute Gasteiger partial charge is 0.238 e. The van der Waals surface area contributed by atoms with Gasteiger partial charge < -0.3 is 5.32 Å². The molecule has 0 unspecified atom stereocenters. The lowest BCUT2D eigenvalue weighted by Crippen LogP contribution is -2.30. The van der Waals surface area contributed by atoms with Crippen LogP contribution in [0.3, 0.4) is 0 Å². The summed E-state index contributed by atoms with van der Waals surface area (Å²) in [6.07, 6.45) is 0. The van der Waals surface area contributed by atoms with Crippen LogP contribution in [0, 0.1) is 13.8 Å². The molecule has 0 aromatic heterocycles. The highest BCUT2D eigenvalue weighted by molar-refractivity contribution is 9.10. The van der Waals surface area contributed by atoms with Gasteiger partial charge in [-0.15, -0.1) is 0 Å². The highest BCUT2D eigenvalue weighted by Crippen LogP contribution is 2.19. The Morgan fingerprint density at radius 2 is 1.77 bits per heavy atom. The van der Waals surface area contributed by atoms with Crippen molar-refractivity contribution in [3.8, 4) is 0 Å². The third-order valence-corrected chi connectivity index (χ3v) is 3.99. The normalized spacial score (nSPS) is 10.8. The summed E-state index contributed by atoms with van der Waals surface area (Å²) in [4.78, 5) is 14.2. The molecule has 1 N–H and O–H groups in total. The molecule has 0 fully saturated rings. The van der Waals surface area contributed by atoms with Gasteiger partial charge in [0.25, 0.3) is 0 Å². The number of aryl methyl sites for hydroxylation is 2. The Bertz CT molecular complexity index is 650. The molecule has 0 saturated carbocycles. The fraction of sp³-hybridized carbons (Fsp3) is 0.278. The van der Waals surface area contributed by atoms with Crippen molar-refractivity contribution < 1.29 is 4.79 Å². The number of benzene rings is 2. The SMILES string of the molecule is Cc1cccc(C)c1NC(=O)CN(C)Cc1cccc(Br)c1. The van der Waals surface area contributed by atoms with Crippen LogP contribution in [0.25, 0.3) is 0 Å². The molecule has 4 heteroatoms. The van der Waals surface area contributed by atoms with Gasteiger partial charge in [-0.05, 0) is 49.7 Å². The number of halogens is 1. The Morgan fingerprint density at radius 3 is 2.41 bits per heavy atom. The van der Waals surface area contributed by atoms with Crippen molar-refractivity contribution in [3.05, 3.63) is 63.6 Å². The second-order valence-corrected chi connectivity index (χ2v) is 6.53. The third-order valence-electron chi connectivity index (χ3n) is 3.50. The van der Waals surface area contributed by atoms with Crippen LogP contribution in [0.1, 0.15) is 16.7 Å². The summed E-state index contributed by atoms with van der Waals surface area (Å²) in [5, 5.41) is 3.02. The first-order valence-corrected chi connectivity index (χ1v) is 8.04. The summed E-state index contributed by atoms with van der Waals surface area (Å²) in [5.41, 5.74) is 4.27. The van der Waals surface area contributed by atoms with E-state index in [0.717, 1.165) is 27.8 Å². The van der Waals surface area contributed by atoms with E-state index in [-0.39, 0.29) is 5.91 Å². The molecule has 0 heterocycles. The Morgan fingerprint density at radius 1 is 1.14 bits per heavy atom. The summed E-state index contributed by atoms with van der Waals surface area (Å²) in [6, 6.07) is 14.1. The highest BCUT2D eigenvalue weighted by Gasteiger charge is 2.10. The Kier molecular flexibility index (Phi) is 5.75. The number of carbonyl (C=O) groups is 1. The molecule has 0 aliphatic rings. The molecule has 0 saturated heterocycles. The first-order valence-electron chi connectivity index (χ1n) is 7.25. The van der Waals surface area contributed by atoms with Crippen LogP contribution in [-0.4, -0.2) is 24.4 Å². The van der Waals surface area contributed by atoms with Gasteiger partial charge in [-0.25, -0.2) is 0 Å². The van der Waals surface area contributed by atoms with Crippen molar-refractivity contribution in [3.63, 3.8) is 0 Å². The molecule has 22 heavy (non-hydrogen) atoms. The zero-order chi connectivity index (χ0) is 16.1. The van der Waals surface area contributed by atoms with Crippen molar-refractivity contribution in [2.75, 3.05) is 18.9 Å². The largest absolute Gasteiger partial charge is 0.324 e. The zero-order valence-corrected chi connectivity index (χ0v) is 14.8. The summed E-state index contributed by atoms with van der Waals surface area (Å²) in [5.74, 6) is 0.00916. The lowest BCUT2D eigenvalue weighted by Gasteiger charge is -2.18. The van der Waals surface area contributed by atoms with Crippen molar-refractivity contribution in [1.29, 1.82) is 0 Å². The topological polar surface area (TPSA) is 32.3 Å². The number of anilines is 1. The molecule has 116 valence electrons. The van der Waals surface area contributed by atoms with Gasteiger partial charge >= 0.3 is 0 Å². The summed E-state index contributed by atoms with van der Waals surface area (Å²) in [7, 11) is 1.95. The van der Waals surface area contributed by atoms with Gasteiger partial charge in [-0.2, -0.15) is 0 Å². The number of amides is 1. The molecular formula is C18H21BrN2O. The van der Waals surface area contributed by atoms with Crippen LogP contribution in [0.15, 0.2) is 46.9 Å². The minimum atomic E-state index is 0.00916. The zero-order valence-electron chi connectivity index (χ0n) is 13.2. The Hall–Kier alpha value is -1.65. The Balaban J connectivity index is 1.94. The number of carbonyl (C=O) groups excluding carboxylic acids is 1. The van der Waals surface area contributed by atoms with Crippen LogP contribution in [0.4, 0.5) is 5.69 Å². The van der Waals surface area contributed by atoms with Gasteiger partial charge in [-0.1, -0.05) is 46.3 Å². The molecule has 0 aliphatic heterocycles. The number of nitrogens with zero attached hydrogens (tertiary/aromatic N) is 1. The lowest BCUT2D eigenvalue weighted by molar-refractivity contribution is -0.117. The van der Waals surface area contributed by atoms with Gasteiger partial charge in [0.05, 0.1) is 6.54 Å². The van der Waals surface area contributed by atoms with E-state index >= 15 is 0 Å². The molecule has 0 bridgehead atoms. The van der Waals surface area contributed by atoms with Gasteiger partial charge in [0.1, 0.15) is 0 Å². The highest BCUT2D eigenvalue weighted by atomic mass is 79.9.